The van der Waals surface area contributed by atoms with Crippen molar-refractivity contribution in [1.29, 1.82) is 0 Å². The molecule has 3 nitrogen and oxygen atoms in total. The van der Waals surface area contributed by atoms with E-state index in [-0.39, 0.29) is 5.88 Å². The van der Waals surface area contributed by atoms with Gasteiger partial charge in [-0.25, -0.2) is 0 Å². The van der Waals surface area contributed by atoms with Gasteiger partial charge in [-0.15, -0.1) is 11.6 Å². The summed E-state index contributed by atoms with van der Waals surface area (Å²) in [5.41, 5.74) is 1.61. The first kappa shape index (κ1) is 12.1. The van der Waals surface area contributed by atoms with E-state index in [1.54, 1.807) is 14.2 Å². The number of hydrogen-bond acceptors (Lipinski definition) is 3. The van der Waals surface area contributed by atoms with Gasteiger partial charge >= 0.3 is 0 Å². The van der Waals surface area contributed by atoms with Crippen LogP contribution in [0, 0.1) is 6.92 Å². The van der Waals surface area contributed by atoms with E-state index in [9.17, 15) is 5.11 Å². The maximum absolute atomic E-state index is 9.75. The SMILES string of the molecule is COc1cc(C)cc(OC)c1C(O)CCl. The molecular weight excluding hydrogens is 216 g/mol. The third-order valence-electron chi connectivity index (χ3n) is 2.17. The van der Waals surface area contributed by atoms with Gasteiger partial charge in [0.15, 0.2) is 0 Å². The van der Waals surface area contributed by atoms with E-state index in [0.29, 0.717) is 17.1 Å². The maximum atomic E-state index is 9.75. The average Bonchev–Trinajstić information content (AvgIpc) is 2.26. The molecular formula is C11H15ClO3. The molecule has 1 aromatic carbocycles. The van der Waals surface area contributed by atoms with Crippen molar-refractivity contribution < 1.29 is 14.6 Å². The first-order valence-corrected chi connectivity index (χ1v) is 5.14. The van der Waals surface area contributed by atoms with Crippen molar-refractivity contribution in [2.75, 3.05) is 20.1 Å². The molecule has 0 fully saturated rings. The minimum absolute atomic E-state index is 0.107. The van der Waals surface area contributed by atoms with Crippen LogP contribution in [-0.2, 0) is 0 Å². The molecule has 0 saturated carbocycles. The van der Waals surface area contributed by atoms with Gasteiger partial charge in [-0.1, -0.05) is 0 Å². The molecule has 0 bridgehead atoms. The Bertz CT molecular complexity index is 314. The molecule has 0 saturated heterocycles. The highest BCUT2D eigenvalue weighted by Crippen LogP contribution is 2.35. The highest BCUT2D eigenvalue weighted by atomic mass is 35.5. The third kappa shape index (κ3) is 2.55. The Morgan fingerprint density at radius 3 is 2.07 bits per heavy atom. The fourth-order valence-electron chi connectivity index (χ4n) is 1.48. The minimum atomic E-state index is -0.780. The molecule has 1 aromatic rings. The molecule has 0 aliphatic rings. The highest BCUT2D eigenvalue weighted by molar-refractivity contribution is 6.18. The van der Waals surface area contributed by atoms with E-state index in [0.717, 1.165) is 5.56 Å². The first-order valence-electron chi connectivity index (χ1n) is 4.60. The summed E-state index contributed by atoms with van der Waals surface area (Å²) in [7, 11) is 3.11. The predicted octanol–water partition coefficient (Wildman–Crippen LogP) is 2.28. The van der Waals surface area contributed by atoms with Gasteiger partial charge in [0, 0.05) is 0 Å². The Balaban J connectivity index is 3.30. The quantitative estimate of drug-likeness (QED) is 0.807. The number of aliphatic hydroxyl groups excluding tert-OH is 1. The van der Waals surface area contributed by atoms with Crippen molar-refractivity contribution in [2.45, 2.75) is 13.0 Å². The Morgan fingerprint density at radius 1 is 1.27 bits per heavy atom. The standard InChI is InChI=1S/C11H15ClO3/c1-7-4-9(14-2)11(8(13)6-12)10(5-7)15-3/h4-5,8,13H,6H2,1-3H3. The summed E-state index contributed by atoms with van der Waals surface area (Å²) in [5, 5.41) is 9.75. The average molecular weight is 231 g/mol. The summed E-state index contributed by atoms with van der Waals surface area (Å²) in [6, 6.07) is 3.68. The van der Waals surface area contributed by atoms with E-state index in [4.69, 9.17) is 21.1 Å². The van der Waals surface area contributed by atoms with Crippen molar-refractivity contribution >= 4 is 11.6 Å². The molecule has 1 unspecified atom stereocenters. The van der Waals surface area contributed by atoms with Crippen LogP contribution in [-0.4, -0.2) is 25.2 Å². The van der Waals surface area contributed by atoms with E-state index in [1.165, 1.54) is 0 Å². The molecule has 1 atom stereocenters. The Labute approximate surface area is 94.6 Å². The summed E-state index contributed by atoms with van der Waals surface area (Å²) in [4.78, 5) is 0. The van der Waals surface area contributed by atoms with Gasteiger partial charge in [-0.2, -0.15) is 0 Å². The number of aryl methyl sites for hydroxylation is 1. The van der Waals surface area contributed by atoms with E-state index < -0.39 is 6.10 Å². The van der Waals surface area contributed by atoms with Crippen LogP contribution in [0.25, 0.3) is 0 Å². The van der Waals surface area contributed by atoms with Crippen LogP contribution in [0.15, 0.2) is 12.1 Å². The summed E-state index contributed by atoms with van der Waals surface area (Å²) >= 11 is 5.62. The van der Waals surface area contributed by atoms with Crippen LogP contribution in [0.1, 0.15) is 17.2 Å². The van der Waals surface area contributed by atoms with Crippen molar-refractivity contribution in [3.8, 4) is 11.5 Å². The smallest absolute Gasteiger partial charge is 0.128 e. The molecule has 4 heteroatoms. The predicted molar refractivity (Wildman–Crippen MR) is 60.0 cm³/mol. The Kier molecular flexibility index (Phi) is 4.24. The summed E-state index contributed by atoms with van der Waals surface area (Å²) < 4.78 is 10.4. The van der Waals surface area contributed by atoms with Gasteiger partial charge < -0.3 is 14.6 Å². The zero-order valence-corrected chi connectivity index (χ0v) is 9.84. The highest BCUT2D eigenvalue weighted by Gasteiger charge is 2.18. The summed E-state index contributed by atoms with van der Waals surface area (Å²) in [5.74, 6) is 1.30. The number of alkyl halides is 1. The van der Waals surface area contributed by atoms with Crippen LogP contribution >= 0.6 is 11.6 Å². The number of hydrogen-bond donors (Lipinski definition) is 1. The molecule has 84 valence electrons. The second-order valence-electron chi connectivity index (χ2n) is 3.25. The molecule has 0 amide bonds. The fourth-order valence-corrected chi connectivity index (χ4v) is 1.63. The Morgan fingerprint density at radius 2 is 1.73 bits per heavy atom. The Hall–Kier alpha value is -0.930. The lowest BCUT2D eigenvalue weighted by Gasteiger charge is -2.17. The van der Waals surface area contributed by atoms with Gasteiger partial charge in [-0.05, 0) is 24.6 Å². The molecule has 0 aliphatic heterocycles. The lowest BCUT2D eigenvalue weighted by Crippen LogP contribution is -2.05. The molecule has 0 aromatic heterocycles. The van der Waals surface area contributed by atoms with Gasteiger partial charge in [0.05, 0.1) is 31.8 Å². The first-order chi connectivity index (χ1) is 7.13. The van der Waals surface area contributed by atoms with Gasteiger partial charge in [0.2, 0.25) is 0 Å². The maximum Gasteiger partial charge on any atom is 0.128 e. The van der Waals surface area contributed by atoms with Crippen molar-refractivity contribution in [1.82, 2.24) is 0 Å². The van der Waals surface area contributed by atoms with E-state index >= 15 is 0 Å². The molecule has 0 radical (unpaired) electrons. The molecule has 15 heavy (non-hydrogen) atoms. The molecule has 0 aliphatic carbocycles. The zero-order chi connectivity index (χ0) is 11.4. The van der Waals surface area contributed by atoms with Crippen LogP contribution in [0.2, 0.25) is 0 Å². The van der Waals surface area contributed by atoms with E-state index in [1.807, 2.05) is 19.1 Å². The zero-order valence-electron chi connectivity index (χ0n) is 9.08. The normalized spacial score (nSPS) is 12.3. The van der Waals surface area contributed by atoms with Gasteiger partial charge in [0.25, 0.3) is 0 Å². The second-order valence-corrected chi connectivity index (χ2v) is 3.56. The number of benzene rings is 1. The monoisotopic (exact) mass is 230 g/mol. The van der Waals surface area contributed by atoms with Crippen molar-refractivity contribution in [2.24, 2.45) is 0 Å². The number of halogens is 1. The topological polar surface area (TPSA) is 38.7 Å². The summed E-state index contributed by atoms with van der Waals surface area (Å²) in [6.07, 6.45) is -0.780. The third-order valence-corrected chi connectivity index (χ3v) is 2.46. The largest absolute Gasteiger partial charge is 0.496 e. The van der Waals surface area contributed by atoms with Gasteiger partial charge in [-0.3, -0.25) is 0 Å². The van der Waals surface area contributed by atoms with Crippen molar-refractivity contribution in [3.05, 3.63) is 23.3 Å². The second kappa shape index (κ2) is 5.24. The lowest BCUT2D eigenvalue weighted by molar-refractivity contribution is 0.192. The molecule has 1 rings (SSSR count). The number of methoxy groups -OCH3 is 2. The summed E-state index contributed by atoms with van der Waals surface area (Å²) in [6.45, 7) is 1.93. The molecule has 1 N–H and O–H groups in total. The lowest BCUT2D eigenvalue weighted by atomic mass is 10.1. The fraction of sp³-hybridized carbons (Fsp3) is 0.455. The van der Waals surface area contributed by atoms with Crippen molar-refractivity contribution in [3.63, 3.8) is 0 Å². The van der Waals surface area contributed by atoms with Crippen LogP contribution < -0.4 is 9.47 Å². The minimum Gasteiger partial charge on any atom is -0.496 e. The van der Waals surface area contributed by atoms with Gasteiger partial charge in [0.1, 0.15) is 11.5 Å². The number of ether oxygens (including phenoxy) is 2. The van der Waals surface area contributed by atoms with Crippen LogP contribution in [0.5, 0.6) is 11.5 Å². The molecule has 0 spiro atoms. The van der Waals surface area contributed by atoms with Crippen LogP contribution in [0.3, 0.4) is 0 Å². The van der Waals surface area contributed by atoms with Crippen LogP contribution in [0.4, 0.5) is 0 Å². The number of rotatable bonds is 4. The molecule has 0 heterocycles. The number of aliphatic hydroxyl groups is 1. The van der Waals surface area contributed by atoms with E-state index in [2.05, 4.69) is 0 Å².